The Labute approximate surface area is 122 Å². The minimum absolute atomic E-state index is 0.0242. The van der Waals surface area contributed by atoms with E-state index in [1.54, 1.807) is 11.3 Å². The molecule has 0 spiro atoms. The molecule has 1 saturated heterocycles. The molecule has 0 bridgehead atoms. The summed E-state index contributed by atoms with van der Waals surface area (Å²) >= 11 is 1.61. The third-order valence-electron chi connectivity index (χ3n) is 4.08. The Kier molecular flexibility index (Phi) is 4.05. The zero-order valence-corrected chi connectivity index (χ0v) is 12.5. The first-order chi connectivity index (χ1) is 9.65. The van der Waals surface area contributed by atoms with Crippen LogP contribution in [-0.4, -0.2) is 29.6 Å². The Balaban J connectivity index is 1.62. The smallest absolute Gasteiger partial charge is 0.255 e. The van der Waals surface area contributed by atoms with Crippen molar-refractivity contribution in [1.82, 2.24) is 4.98 Å². The van der Waals surface area contributed by atoms with Crippen LogP contribution in [0.3, 0.4) is 0 Å². The van der Waals surface area contributed by atoms with Crippen molar-refractivity contribution in [2.45, 2.75) is 51.2 Å². The third-order valence-corrected chi connectivity index (χ3v) is 5.11. The molecule has 1 aliphatic carbocycles. The molecule has 1 aliphatic heterocycles. The SMILES string of the molecule is CC1CCc2nc(NC(=O)[C@@H]3CC[C@H](CN)O3)sc2C1. The highest BCUT2D eigenvalue weighted by molar-refractivity contribution is 7.15. The van der Waals surface area contributed by atoms with Crippen molar-refractivity contribution in [1.29, 1.82) is 0 Å². The molecule has 5 nitrogen and oxygen atoms in total. The summed E-state index contributed by atoms with van der Waals surface area (Å²) in [6.07, 6.45) is 4.56. The maximum absolute atomic E-state index is 12.1. The summed E-state index contributed by atoms with van der Waals surface area (Å²) in [4.78, 5) is 18.0. The number of hydrogen-bond acceptors (Lipinski definition) is 5. The van der Waals surface area contributed by atoms with Crippen LogP contribution in [0.2, 0.25) is 0 Å². The minimum Gasteiger partial charge on any atom is -0.364 e. The second-order valence-electron chi connectivity index (χ2n) is 5.79. The van der Waals surface area contributed by atoms with Crippen molar-refractivity contribution in [3.05, 3.63) is 10.6 Å². The number of rotatable bonds is 3. The Hall–Kier alpha value is -0.980. The van der Waals surface area contributed by atoms with Crippen molar-refractivity contribution in [3.63, 3.8) is 0 Å². The summed E-state index contributed by atoms with van der Waals surface area (Å²) in [6.45, 7) is 2.74. The molecule has 1 fully saturated rings. The fourth-order valence-electron chi connectivity index (χ4n) is 2.85. The van der Waals surface area contributed by atoms with E-state index in [1.807, 2.05) is 0 Å². The Morgan fingerprint density at radius 1 is 1.50 bits per heavy atom. The average Bonchev–Trinajstić information content (AvgIpc) is 3.03. The number of amides is 1. The van der Waals surface area contributed by atoms with E-state index in [4.69, 9.17) is 10.5 Å². The Morgan fingerprint density at radius 3 is 3.10 bits per heavy atom. The van der Waals surface area contributed by atoms with E-state index in [9.17, 15) is 4.79 Å². The van der Waals surface area contributed by atoms with Gasteiger partial charge in [0.25, 0.3) is 5.91 Å². The van der Waals surface area contributed by atoms with Crippen molar-refractivity contribution in [3.8, 4) is 0 Å². The van der Waals surface area contributed by atoms with Gasteiger partial charge < -0.3 is 10.5 Å². The highest BCUT2D eigenvalue weighted by atomic mass is 32.1. The number of nitrogens with zero attached hydrogens (tertiary/aromatic N) is 1. The number of nitrogens with one attached hydrogen (secondary N) is 1. The summed E-state index contributed by atoms with van der Waals surface area (Å²) in [5.74, 6) is 0.634. The molecule has 2 heterocycles. The summed E-state index contributed by atoms with van der Waals surface area (Å²) in [5.41, 5.74) is 6.72. The number of anilines is 1. The van der Waals surface area contributed by atoms with Crippen LogP contribution in [0, 0.1) is 5.92 Å². The van der Waals surface area contributed by atoms with Gasteiger partial charge in [0, 0.05) is 11.4 Å². The first kappa shape index (κ1) is 14.0. The zero-order chi connectivity index (χ0) is 14.1. The van der Waals surface area contributed by atoms with Crippen LogP contribution in [0.4, 0.5) is 5.13 Å². The van der Waals surface area contributed by atoms with Crippen LogP contribution in [0.15, 0.2) is 0 Å². The Morgan fingerprint density at radius 2 is 2.35 bits per heavy atom. The standard InChI is InChI=1S/C14H21N3O2S/c1-8-2-4-10-12(6-8)20-14(16-10)17-13(18)11-5-3-9(7-15)19-11/h8-9,11H,2-7,15H2,1H3,(H,16,17,18)/t8?,9-,11+/m1/s1. The van der Waals surface area contributed by atoms with Gasteiger partial charge in [0.1, 0.15) is 6.10 Å². The summed E-state index contributed by atoms with van der Waals surface area (Å²) < 4.78 is 5.60. The summed E-state index contributed by atoms with van der Waals surface area (Å²) in [5, 5.41) is 3.62. The van der Waals surface area contributed by atoms with Gasteiger partial charge in [-0.2, -0.15) is 0 Å². The quantitative estimate of drug-likeness (QED) is 0.890. The van der Waals surface area contributed by atoms with E-state index < -0.39 is 0 Å². The molecule has 1 amide bonds. The number of thiazole rings is 1. The number of nitrogens with two attached hydrogens (primary N) is 1. The predicted molar refractivity (Wildman–Crippen MR) is 78.9 cm³/mol. The fraction of sp³-hybridized carbons (Fsp3) is 0.714. The fourth-order valence-corrected chi connectivity index (χ4v) is 4.03. The van der Waals surface area contributed by atoms with E-state index in [2.05, 4.69) is 17.2 Å². The van der Waals surface area contributed by atoms with Crippen LogP contribution in [0.1, 0.15) is 36.8 Å². The van der Waals surface area contributed by atoms with Gasteiger partial charge in [0.05, 0.1) is 11.8 Å². The van der Waals surface area contributed by atoms with Gasteiger partial charge in [-0.15, -0.1) is 11.3 Å². The molecule has 3 rings (SSSR count). The lowest BCUT2D eigenvalue weighted by molar-refractivity contribution is -0.126. The van der Waals surface area contributed by atoms with Crippen molar-refractivity contribution >= 4 is 22.4 Å². The molecule has 1 aromatic rings. The highest BCUT2D eigenvalue weighted by Crippen LogP contribution is 2.32. The number of hydrogen-bond donors (Lipinski definition) is 2. The molecule has 110 valence electrons. The second kappa shape index (κ2) is 5.79. The molecule has 1 unspecified atom stereocenters. The van der Waals surface area contributed by atoms with Gasteiger partial charge in [0.2, 0.25) is 0 Å². The molecule has 20 heavy (non-hydrogen) atoms. The molecule has 3 N–H and O–H groups in total. The van der Waals surface area contributed by atoms with Crippen molar-refractivity contribution < 1.29 is 9.53 Å². The first-order valence-electron chi connectivity index (χ1n) is 7.30. The topological polar surface area (TPSA) is 77.2 Å². The van der Waals surface area contributed by atoms with Crippen LogP contribution < -0.4 is 11.1 Å². The van der Waals surface area contributed by atoms with Gasteiger partial charge in [-0.3, -0.25) is 10.1 Å². The van der Waals surface area contributed by atoms with Crippen LogP contribution in [-0.2, 0) is 22.4 Å². The third kappa shape index (κ3) is 2.87. The summed E-state index contributed by atoms with van der Waals surface area (Å²) in [6, 6.07) is 0. The molecule has 0 saturated carbocycles. The second-order valence-corrected chi connectivity index (χ2v) is 6.87. The molecule has 0 aromatic carbocycles. The zero-order valence-electron chi connectivity index (χ0n) is 11.7. The van der Waals surface area contributed by atoms with Gasteiger partial charge in [-0.05, 0) is 38.0 Å². The number of carbonyl (C=O) groups excluding carboxylic acids is 1. The van der Waals surface area contributed by atoms with Gasteiger partial charge in [-0.25, -0.2) is 4.98 Å². The number of ether oxygens (including phenoxy) is 1. The van der Waals surface area contributed by atoms with E-state index in [0.29, 0.717) is 11.7 Å². The van der Waals surface area contributed by atoms with Gasteiger partial charge >= 0.3 is 0 Å². The van der Waals surface area contributed by atoms with Crippen molar-refractivity contribution in [2.75, 3.05) is 11.9 Å². The summed E-state index contributed by atoms with van der Waals surface area (Å²) in [7, 11) is 0. The molecular formula is C14H21N3O2S. The first-order valence-corrected chi connectivity index (χ1v) is 8.12. The Bertz CT molecular complexity index is 503. The predicted octanol–water partition coefficient (Wildman–Crippen LogP) is 1.71. The molecule has 2 aliphatic rings. The molecule has 3 atom stereocenters. The molecule has 0 radical (unpaired) electrons. The molecule has 6 heteroatoms. The maximum Gasteiger partial charge on any atom is 0.255 e. The van der Waals surface area contributed by atoms with E-state index in [0.717, 1.165) is 37.3 Å². The van der Waals surface area contributed by atoms with E-state index >= 15 is 0 Å². The van der Waals surface area contributed by atoms with Crippen LogP contribution in [0.5, 0.6) is 0 Å². The number of aromatic nitrogens is 1. The lowest BCUT2D eigenvalue weighted by Crippen LogP contribution is -2.29. The van der Waals surface area contributed by atoms with Crippen molar-refractivity contribution in [2.24, 2.45) is 11.7 Å². The van der Waals surface area contributed by atoms with Crippen LogP contribution >= 0.6 is 11.3 Å². The number of carbonyl (C=O) groups is 1. The van der Waals surface area contributed by atoms with Gasteiger partial charge in [-0.1, -0.05) is 6.92 Å². The average molecular weight is 295 g/mol. The monoisotopic (exact) mass is 295 g/mol. The van der Waals surface area contributed by atoms with Crippen LogP contribution in [0.25, 0.3) is 0 Å². The largest absolute Gasteiger partial charge is 0.364 e. The number of fused-ring (bicyclic) bond motifs is 1. The van der Waals surface area contributed by atoms with E-state index in [-0.39, 0.29) is 18.1 Å². The molecule has 1 aromatic heterocycles. The lowest BCUT2D eigenvalue weighted by atomic mass is 9.93. The highest BCUT2D eigenvalue weighted by Gasteiger charge is 2.30. The van der Waals surface area contributed by atoms with Gasteiger partial charge in [0.15, 0.2) is 5.13 Å². The lowest BCUT2D eigenvalue weighted by Gasteiger charge is -2.15. The maximum atomic E-state index is 12.1. The van der Waals surface area contributed by atoms with E-state index in [1.165, 1.54) is 11.3 Å². The number of aryl methyl sites for hydroxylation is 1. The normalized spacial score (nSPS) is 29.2. The molecular weight excluding hydrogens is 274 g/mol. The minimum atomic E-state index is -0.372.